The fraction of sp³-hybridized carbons (Fsp3) is 0.625. The number of nitrogens with zero attached hydrogens (tertiary/aromatic N) is 2. The van der Waals surface area contributed by atoms with Crippen LogP contribution in [0.4, 0.5) is 8.78 Å². The van der Waals surface area contributed by atoms with Crippen LogP contribution in [0.2, 0.25) is 0 Å². The quantitative estimate of drug-likeness (QED) is 0.906. The largest absolute Gasteiger partial charge is 0.323 e. The average molecular weight is 297 g/mol. The molecule has 1 heterocycles. The summed E-state index contributed by atoms with van der Waals surface area (Å²) in [4.78, 5) is 4.61. The maximum atomic E-state index is 13.8. The van der Waals surface area contributed by atoms with E-state index in [1.807, 2.05) is 7.05 Å². The SMILES string of the molecule is CCN1CCC(N(C)CC(N)c2cccc(F)c2F)CC1. The Hall–Kier alpha value is -1.04. The first-order valence-electron chi connectivity index (χ1n) is 7.65. The van der Waals surface area contributed by atoms with Crippen molar-refractivity contribution in [1.82, 2.24) is 9.80 Å². The molecule has 0 aromatic heterocycles. The van der Waals surface area contributed by atoms with Crippen LogP contribution in [-0.2, 0) is 0 Å². The van der Waals surface area contributed by atoms with Gasteiger partial charge in [-0.15, -0.1) is 0 Å². The standard InChI is InChI=1S/C16H25F2N3/c1-3-21-9-7-12(8-10-21)20(2)11-15(19)13-5-4-6-14(17)16(13)18/h4-6,12,15H,3,7-11,19H2,1-2H3. The highest BCUT2D eigenvalue weighted by atomic mass is 19.2. The number of piperidine rings is 1. The molecule has 1 unspecified atom stereocenters. The van der Waals surface area contributed by atoms with E-state index in [0.717, 1.165) is 38.5 Å². The molecule has 1 aromatic carbocycles. The third-order valence-corrected chi connectivity index (χ3v) is 4.49. The summed E-state index contributed by atoms with van der Waals surface area (Å²) >= 11 is 0. The lowest BCUT2D eigenvalue weighted by Gasteiger charge is -2.37. The number of hydrogen-bond acceptors (Lipinski definition) is 3. The van der Waals surface area contributed by atoms with Crippen LogP contribution in [0.3, 0.4) is 0 Å². The zero-order valence-corrected chi connectivity index (χ0v) is 12.9. The Kier molecular flexibility index (Phi) is 5.67. The summed E-state index contributed by atoms with van der Waals surface area (Å²) in [6.07, 6.45) is 2.20. The Balaban J connectivity index is 1.93. The van der Waals surface area contributed by atoms with E-state index in [1.54, 1.807) is 6.07 Å². The second-order valence-corrected chi connectivity index (χ2v) is 5.85. The van der Waals surface area contributed by atoms with Crippen LogP contribution in [0.5, 0.6) is 0 Å². The van der Waals surface area contributed by atoms with Gasteiger partial charge in [-0.2, -0.15) is 0 Å². The van der Waals surface area contributed by atoms with Crippen molar-refractivity contribution in [3.8, 4) is 0 Å². The molecule has 0 radical (unpaired) electrons. The van der Waals surface area contributed by atoms with Gasteiger partial charge in [-0.1, -0.05) is 19.1 Å². The minimum Gasteiger partial charge on any atom is -0.323 e. The molecule has 1 atom stereocenters. The van der Waals surface area contributed by atoms with Crippen molar-refractivity contribution >= 4 is 0 Å². The minimum absolute atomic E-state index is 0.257. The summed E-state index contributed by atoms with van der Waals surface area (Å²) in [7, 11) is 2.02. The number of hydrogen-bond donors (Lipinski definition) is 1. The molecule has 2 N–H and O–H groups in total. The van der Waals surface area contributed by atoms with Gasteiger partial charge in [0.15, 0.2) is 11.6 Å². The van der Waals surface area contributed by atoms with Crippen molar-refractivity contribution < 1.29 is 8.78 Å². The van der Waals surface area contributed by atoms with Gasteiger partial charge in [-0.25, -0.2) is 8.78 Å². The molecule has 1 aliphatic rings. The third kappa shape index (κ3) is 3.99. The first kappa shape index (κ1) is 16.3. The number of likely N-dealkylation sites (N-methyl/N-ethyl adjacent to an activating group) is 1. The number of nitrogens with two attached hydrogens (primary N) is 1. The summed E-state index contributed by atoms with van der Waals surface area (Å²) in [5.41, 5.74) is 6.32. The lowest BCUT2D eigenvalue weighted by atomic mass is 10.0. The number of rotatable bonds is 5. The zero-order valence-electron chi connectivity index (χ0n) is 12.9. The van der Waals surface area contributed by atoms with Gasteiger partial charge in [0.1, 0.15) is 0 Å². The smallest absolute Gasteiger partial charge is 0.163 e. The van der Waals surface area contributed by atoms with Crippen LogP contribution in [0, 0.1) is 11.6 Å². The van der Waals surface area contributed by atoms with Crippen molar-refractivity contribution in [3.63, 3.8) is 0 Å². The first-order valence-corrected chi connectivity index (χ1v) is 7.65. The van der Waals surface area contributed by atoms with E-state index >= 15 is 0 Å². The maximum absolute atomic E-state index is 13.8. The Morgan fingerprint density at radius 2 is 2.00 bits per heavy atom. The molecule has 0 saturated carbocycles. The predicted octanol–water partition coefficient (Wildman–Crippen LogP) is 2.38. The van der Waals surface area contributed by atoms with E-state index in [0.29, 0.717) is 12.6 Å². The molecule has 3 nitrogen and oxygen atoms in total. The molecule has 0 aliphatic carbocycles. The molecule has 0 bridgehead atoms. The van der Waals surface area contributed by atoms with Gasteiger partial charge < -0.3 is 15.5 Å². The summed E-state index contributed by atoms with van der Waals surface area (Å²) in [6, 6.07) is 4.16. The van der Waals surface area contributed by atoms with Crippen molar-refractivity contribution in [2.75, 3.05) is 33.2 Å². The molecule has 2 rings (SSSR count). The van der Waals surface area contributed by atoms with Crippen LogP contribution < -0.4 is 5.73 Å². The fourth-order valence-corrected chi connectivity index (χ4v) is 3.04. The molecule has 21 heavy (non-hydrogen) atoms. The van der Waals surface area contributed by atoms with Gasteiger partial charge in [0, 0.05) is 24.2 Å². The molecular weight excluding hydrogens is 272 g/mol. The molecule has 1 fully saturated rings. The highest BCUT2D eigenvalue weighted by Gasteiger charge is 2.24. The lowest BCUT2D eigenvalue weighted by Crippen LogP contribution is -2.45. The van der Waals surface area contributed by atoms with Gasteiger partial charge in [-0.3, -0.25) is 0 Å². The average Bonchev–Trinajstić information content (AvgIpc) is 2.50. The van der Waals surface area contributed by atoms with Gasteiger partial charge in [0.25, 0.3) is 0 Å². The van der Waals surface area contributed by atoms with Crippen LogP contribution >= 0.6 is 0 Å². The van der Waals surface area contributed by atoms with Crippen molar-refractivity contribution in [2.45, 2.75) is 31.8 Å². The first-order chi connectivity index (χ1) is 10.0. The van der Waals surface area contributed by atoms with Crippen LogP contribution in [0.1, 0.15) is 31.4 Å². The summed E-state index contributed by atoms with van der Waals surface area (Å²) < 4.78 is 27.0. The van der Waals surface area contributed by atoms with Gasteiger partial charge in [0.2, 0.25) is 0 Å². The van der Waals surface area contributed by atoms with E-state index in [-0.39, 0.29) is 5.56 Å². The second-order valence-electron chi connectivity index (χ2n) is 5.85. The minimum atomic E-state index is -0.832. The van der Waals surface area contributed by atoms with Crippen LogP contribution in [0.15, 0.2) is 18.2 Å². The molecular formula is C16H25F2N3. The van der Waals surface area contributed by atoms with Crippen molar-refractivity contribution in [3.05, 3.63) is 35.4 Å². The number of likely N-dealkylation sites (tertiary alicyclic amines) is 1. The van der Waals surface area contributed by atoms with Crippen molar-refractivity contribution in [2.24, 2.45) is 5.73 Å². The molecule has 5 heteroatoms. The van der Waals surface area contributed by atoms with Gasteiger partial charge in [0.05, 0.1) is 0 Å². The number of benzene rings is 1. The lowest BCUT2D eigenvalue weighted by molar-refractivity contribution is 0.126. The fourth-order valence-electron chi connectivity index (χ4n) is 3.04. The van der Waals surface area contributed by atoms with Gasteiger partial charge >= 0.3 is 0 Å². The monoisotopic (exact) mass is 297 g/mol. The maximum Gasteiger partial charge on any atom is 0.163 e. The van der Waals surface area contributed by atoms with E-state index in [1.165, 1.54) is 6.07 Å². The summed E-state index contributed by atoms with van der Waals surface area (Å²) in [6.45, 7) is 5.98. The van der Waals surface area contributed by atoms with Crippen LogP contribution in [-0.4, -0.2) is 49.1 Å². The van der Waals surface area contributed by atoms with Crippen molar-refractivity contribution in [1.29, 1.82) is 0 Å². The van der Waals surface area contributed by atoms with Gasteiger partial charge in [-0.05, 0) is 45.6 Å². The molecule has 118 valence electrons. The second kappa shape index (κ2) is 7.29. The van der Waals surface area contributed by atoms with E-state index in [2.05, 4.69) is 16.7 Å². The molecule has 1 aromatic rings. The Morgan fingerprint density at radius 1 is 1.33 bits per heavy atom. The van der Waals surface area contributed by atoms with Crippen LogP contribution in [0.25, 0.3) is 0 Å². The molecule has 0 amide bonds. The third-order valence-electron chi connectivity index (χ3n) is 4.49. The topological polar surface area (TPSA) is 32.5 Å². The van der Waals surface area contributed by atoms with E-state index in [4.69, 9.17) is 5.73 Å². The van der Waals surface area contributed by atoms with E-state index < -0.39 is 17.7 Å². The summed E-state index contributed by atoms with van der Waals surface area (Å²) in [5.74, 6) is -1.65. The predicted molar refractivity (Wildman–Crippen MR) is 81.1 cm³/mol. The molecule has 1 saturated heterocycles. The Morgan fingerprint density at radius 3 is 2.62 bits per heavy atom. The highest BCUT2D eigenvalue weighted by Crippen LogP contribution is 2.21. The summed E-state index contributed by atoms with van der Waals surface area (Å²) in [5, 5.41) is 0. The Bertz CT molecular complexity index is 459. The van der Waals surface area contributed by atoms with E-state index in [9.17, 15) is 8.78 Å². The molecule has 0 spiro atoms. The highest BCUT2D eigenvalue weighted by molar-refractivity contribution is 5.22. The molecule has 1 aliphatic heterocycles. The Labute approximate surface area is 125 Å². The number of halogens is 2. The zero-order chi connectivity index (χ0) is 15.4. The normalized spacial score (nSPS) is 19.1.